The van der Waals surface area contributed by atoms with Crippen LogP contribution in [0.2, 0.25) is 20.1 Å². The minimum Gasteiger partial charge on any atom is -0.487 e. The molecule has 0 aliphatic carbocycles. The molecular weight excluding hydrogens is 1990 g/mol. The van der Waals surface area contributed by atoms with E-state index in [-0.39, 0.29) is 49.1 Å². The molecule has 16 aromatic rings. The number of para-hydroxylation sites is 1. The molecule has 0 bridgehead atoms. The van der Waals surface area contributed by atoms with Crippen LogP contribution in [0.5, 0.6) is 69.0 Å². The van der Waals surface area contributed by atoms with Crippen molar-refractivity contribution in [3.63, 3.8) is 0 Å². The summed E-state index contributed by atoms with van der Waals surface area (Å²) in [7, 11) is 0. The summed E-state index contributed by atoms with van der Waals surface area (Å²) in [4.78, 5) is 24.6. The number of pyridine rings is 4. The van der Waals surface area contributed by atoms with Crippen molar-refractivity contribution in [3.05, 3.63) is 434 Å². The van der Waals surface area contributed by atoms with Crippen LogP contribution in [-0.4, -0.2) is 29.9 Å². The molecule has 0 saturated heterocycles. The van der Waals surface area contributed by atoms with E-state index in [0.29, 0.717) is 75.3 Å². The summed E-state index contributed by atoms with van der Waals surface area (Å²) in [5, 5.41) is 8.30. The maximum atomic E-state index is 13.1. The van der Waals surface area contributed by atoms with E-state index in [0.717, 1.165) is 95.7 Å². The molecule has 0 fully saturated rings. The van der Waals surface area contributed by atoms with E-state index >= 15 is 0 Å². The van der Waals surface area contributed by atoms with Gasteiger partial charge in [0.2, 0.25) is 0 Å². The average Bonchev–Trinajstić information content (AvgIpc) is 1.60. The Morgan fingerprint density at radius 3 is 0.927 bits per heavy atom. The molecule has 0 aliphatic rings. The van der Waals surface area contributed by atoms with Crippen LogP contribution in [0.4, 0.5) is 8.78 Å². The molecule has 150 heavy (non-hydrogen) atoms. The van der Waals surface area contributed by atoms with E-state index in [1.165, 1.54) is 74.5 Å². The largest absolute Gasteiger partial charge is 0.487 e. The van der Waals surface area contributed by atoms with Crippen LogP contribution in [-0.2, 0) is 69.7 Å². The number of hydrogen-bond donors (Lipinski definition) is 0. The number of nitrogens with zero attached hydrogens (tertiary/aromatic N) is 6. The number of halogens is 6. The van der Waals surface area contributed by atoms with Gasteiger partial charge in [0.25, 0.3) is 0 Å². The molecule has 16 rings (SSSR count). The predicted molar refractivity (Wildman–Crippen MR) is 621 cm³/mol. The molecule has 6 heterocycles. The van der Waals surface area contributed by atoms with Crippen molar-refractivity contribution < 1.29 is 46.7 Å². The predicted octanol–water partition coefficient (Wildman–Crippen LogP) is 38.6. The smallest absolute Gasteiger partial charge is 0.148 e. The van der Waals surface area contributed by atoms with Crippen molar-refractivity contribution in [1.29, 1.82) is 0 Å². The summed E-state index contributed by atoms with van der Waals surface area (Å²) in [6, 6.07) is 78.1. The summed E-state index contributed by atoms with van der Waals surface area (Å²) < 4.78 is 72.1. The molecule has 0 unspecified atom stereocenters. The van der Waals surface area contributed by atoms with E-state index in [9.17, 15) is 8.78 Å². The zero-order valence-corrected chi connectivity index (χ0v) is 97.4. The van der Waals surface area contributed by atoms with E-state index < -0.39 is 5.82 Å². The summed E-state index contributed by atoms with van der Waals surface area (Å²) >= 11 is 27.8. The lowest BCUT2D eigenvalue weighted by Gasteiger charge is -2.20. The first-order chi connectivity index (χ1) is 70.3. The molecule has 0 N–H and O–H groups in total. The molecular formula is C128H148Cl4F2N6O8S2. The monoisotopic (exact) mass is 2140 g/mol. The number of rotatable bonds is 20. The number of ether oxygens (including phenoxy) is 8. The zero-order valence-electron chi connectivity index (χ0n) is 92.7. The van der Waals surface area contributed by atoms with Gasteiger partial charge in [0, 0.05) is 53.4 Å². The Kier molecular flexibility index (Phi) is 44.3. The van der Waals surface area contributed by atoms with Gasteiger partial charge in [-0.2, -0.15) is 0 Å². The van der Waals surface area contributed by atoms with Crippen LogP contribution in [0.3, 0.4) is 0 Å². The average molecular weight is 2140 g/mol. The highest BCUT2D eigenvalue weighted by atomic mass is 35.5. The molecule has 0 atom stereocenters. The van der Waals surface area contributed by atoms with Gasteiger partial charge in [0.1, 0.15) is 117 Å². The number of hydrogen-bond acceptors (Lipinski definition) is 16. The minimum absolute atomic E-state index is 0.0464. The lowest BCUT2D eigenvalue weighted by Crippen LogP contribution is -2.11. The van der Waals surface area contributed by atoms with Gasteiger partial charge in [0.05, 0.1) is 50.6 Å². The fourth-order valence-corrected chi connectivity index (χ4v) is 16.1. The van der Waals surface area contributed by atoms with Gasteiger partial charge in [-0.15, -0.1) is 22.7 Å². The lowest BCUT2D eigenvalue weighted by molar-refractivity contribution is 0.301. The van der Waals surface area contributed by atoms with E-state index in [1.54, 1.807) is 72.0 Å². The van der Waals surface area contributed by atoms with Gasteiger partial charge in [-0.3, -0.25) is 19.9 Å². The van der Waals surface area contributed by atoms with Gasteiger partial charge in [-0.25, -0.2) is 18.7 Å². The highest BCUT2D eigenvalue weighted by Crippen LogP contribution is 2.41. The fourth-order valence-electron chi connectivity index (χ4n) is 14.2. The number of aryl methyl sites for hydroxylation is 6. The van der Waals surface area contributed by atoms with Crippen molar-refractivity contribution in [1.82, 2.24) is 29.9 Å². The first kappa shape index (κ1) is 121. The van der Waals surface area contributed by atoms with E-state index in [2.05, 4.69) is 296 Å². The molecule has 10 aromatic carbocycles. The van der Waals surface area contributed by atoms with Crippen molar-refractivity contribution in [2.24, 2.45) is 0 Å². The summed E-state index contributed by atoms with van der Waals surface area (Å²) in [5.74, 6) is 8.38. The van der Waals surface area contributed by atoms with Crippen LogP contribution in [0.15, 0.2) is 303 Å². The summed E-state index contributed by atoms with van der Waals surface area (Å²) in [6.07, 6.45) is 13.0. The molecule has 22 heteroatoms. The molecule has 0 aliphatic heterocycles. The van der Waals surface area contributed by atoms with Crippen LogP contribution in [0.25, 0.3) is 0 Å². The maximum Gasteiger partial charge on any atom is 0.148 e. The van der Waals surface area contributed by atoms with Crippen LogP contribution in [0.1, 0.15) is 265 Å². The van der Waals surface area contributed by atoms with Crippen molar-refractivity contribution >= 4 is 69.1 Å². The Labute approximate surface area is 919 Å². The number of thiazole rings is 2. The molecule has 6 aromatic heterocycles. The quantitative estimate of drug-likeness (QED) is 0.0711. The Morgan fingerprint density at radius 1 is 0.253 bits per heavy atom. The minimum atomic E-state index is -0.401. The van der Waals surface area contributed by atoms with Crippen LogP contribution >= 0.6 is 69.1 Å². The second-order valence-corrected chi connectivity index (χ2v) is 48.4. The zero-order chi connectivity index (χ0) is 110. The first-order valence-corrected chi connectivity index (χ1v) is 53.4. The van der Waals surface area contributed by atoms with Crippen molar-refractivity contribution in [2.45, 2.75) is 277 Å². The Balaban J connectivity index is 0.000000190. The van der Waals surface area contributed by atoms with E-state index in [4.69, 9.17) is 84.3 Å². The van der Waals surface area contributed by atoms with Crippen LogP contribution in [0, 0.1) is 53.2 Å². The molecule has 14 nitrogen and oxygen atoms in total. The first-order valence-electron chi connectivity index (χ1n) is 50.1. The molecule has 792 valence electrons. The standard InChI is InChI=1S/C17H18ClFO.C17H21NO.C17H20O.2C16H18ClNO.C16H18FNO.C15H19NOS.C14H16ClNOS/c1-17(2,3)13-7-8-16(15(18)10-13)20-11-12-5-4-6-14(19)9-12;1-12-10-14(17(3,4)5)7-9-16(12)19-15-8-6-13(2)18-11-15;1-13-12-14(17(2,3)4)10-11-16(13)18-15-8-6-5-7-9-15;1-11-7-12(16(2,3)4)5-6-15(11)19-14-8-13(17)9-18-10-14;1-16(2,3)12-7-8-15(14(17)10-12)19-11-13-6-4-5-9-18-13;1-11-7-12(16(2,3)4)5-6-15(11)19-14-8-13(17)9-18-10-14;1-11-9-12(15(2,3)4)5-6-13(11)17-10-14-16-7-8-18-14;1-14(2,3)10-4-5-12(11(15)8-10)17-9-13-16-6-7-18-13/h4-10H,11H2,1-3H3;6-11H,1-5H3;5-12H,1-4H3;5-10H,1-4H3;4-10H,11H2,1-3H3;5-10H,1-4H3;5-9H,10H2,1-4H3;4-8H,9H2,1-3H3. The normalized spacial score (nSPS) is 11.4. The molecule has 0 saturated carbocycles. The second-order valence-electron chi connectivity index (χ2n) is 44.8. The third-order valence-electron chi connectivity index (χ3n) is 23.6. The van der Waals surface area contributed by atoms with Gasteiger partial charge >= 0.3 is 0 Å². The third kappa shape index (κ3) is 40.7. The lowest BCUT2D eigenvalue weighted by atomic mass is 9.86. The highest BCUT2D eigenvalue weighted by molar-refractivity contribution is 7.09. The van der Waals surface area contributed by atoms with Gasteiger partial charge in [-0.05, 0) is 278 Å². The third-order valence-corrected chi connectivity index (χ3v) is 26.2. The Bertz CT molecular complexity index is 6740. The SMILES string of the molecule is CC(C)(C)c1ccc(OCc2cccc(F)c2)c(Cl)c1.CC(C)(C)c1ccc(OCc2ccccn2)c(Cl)c1.CC(C)(C)c1ccc(OCc2nccs2)c(Cl)c1.Cc1cc(C(C)(C)C)ccc1OCc1nccs1.Cc1cc(C(C)(C)C)ccc1Oc1ccccc1.Cc1cc(C(C)(C)C)ccc1Oc1cncc(Cl)c1.Cc1cc(C(C)(C)C)ccc1Oc1cncc(F)c1.Cc1ccc(Oc2ccc(C(C)(C)C)cc2C)cn1. The second kappa shape index (κ2) is 55.0. The van der Waals surface area contributed by atoms with Gasteiger partial charge in [-0.1, -0.05) is 328 Å². The topological polar surface area (TPSA) is 151 Å². The maximum absolute atomic E-state index is 13.1. The molecule has 0 spiro atoms. The molecule has 0 radical (unpaired) electrons. The number of aromatic nitrogens is 6. The Hall–Kier alpha value is -12.5. The fraction of sp³-hybridized carbons (Fsp3) is 0.328. The summed E-state index contributed by atoms with van der Waals surface area (Å²) in [6.45, 7) is 66.4. The highest BCUT2D eigenvalue weighted by Gasteiger charge is 2.24. The Morgan fingerprint density at radius 2 is 0.593 bits per heavy atom. The van der Waals surface area contributed by atoms with E-state index in [1.807, 2.05) is 165 Å². The molecule has 0 amide bonds. The van der Waals surface area contributed by atoms with Crippen molar-refractivity contribution in [3.8, 4) is 69.0 Å². The van der Waals surface area contributed by atoms with Gasteiger partial charge < -0.3 is 37.9 Å². The number of benzene rings is 10. The van der Waals surface area contributed by atoms with Crippen LogP contribution < -0.4 is 37.9 Å². The van der Waals surface area contributed by atoms with Gasteiger partial charge in [0.15, 0.2) is 0 Å². The van der Waals surface area contributed by atoms with Crippen molar-refractivity contribution in [2.75, 3.05) is 0 Å². The summed E-state index contributed by atoms with van der Waals surface area (Å²) in [5.41, 5.74) is 19.4.